The lowest BCUT2D eigenvalue weighted by Crippen LogP contribution is -2.51. The van der Waals surface area contributed by atoms with Crippen LogP contribution in [0.15, 0.2) is 47.7 Å². The fraction of sp³-hybridized carbons (Fsp3) is 0.350. The molecule has 1 saturated heterocycles. The fourth-order valence-electron chi connectivity index (χ4n) is 3.49. The summed E-state index contributed by atoms with van der Waals surface area (Å²) in [4.78, 5) is 18.7. The summed E-state index contributed by atoms with van der Waals surface area (Å²) >= 11 is 0. The zero-order valence-corrected chi connectivity index (χ0v) is 15.1. The number of hydrazone groups is 1. The standard InChI is InChI=1S/C20H23N5O/c1-24(2)13-14-3-5-15(6-4-14)17-11-16(7-8-21-17)18-12-19-20(26)22-9-10-25(19)23-18/h3-8,11,19H,9-10,12-13H2,1-2H3,(H,22,26). The number of hydrogen-bond donors (Lipinski definition) is 1. The largest absolute Gasteiger partial charge is 0.352 e. The molecule has 2 aliphatic rings. The van der Waals surface area contributed by atoms with Gasteiger partial charge in [-0.15, -0.1) is 0 Å². The van der Waals surface area contributed by atoms with Crippen LogP contribution in [0, 0.1) is 0 Å². The van der Waals surface area contributed by atoms with Crippen LogP contribution in [0.3, 0.4) is 0 Å². The Hall–Kier alpha value is -2.73. The molecule has 3 heterocycles. The van der Waals surface area contributed by atoms with E-state index < -0.39 is 0 Å². The van der Waals surface area contributed by atoms with Crippen molar-refractivity contribution in [3.8, 4) is 11.3 Å². The van der Waals surface area contributed by atoms with E-state index in [2.05, 4.69) is 64.7 Å². The maximum Gasteiger partial charge on any atom is 0.244 e. The number of carbonyl (C=O) groups is 1. The third-order valence-corrected chi connectivity index (χ3v) is 4.78. The fourth-order valence-corrected chi connectivity index (χ4v) is 3.49. The van der Waals surface area contributed by atoms with Gasteiger partial charge in [-0.2, -0.15) is 5.10 Å². The van der Waals surface area contributed by atoms with E-state index in [0.717, 1.165) is 35.6 Å². The van der Waals surface area contributed by atoms with Crippen molar-refractivity contribution >= 4 is 11.6 Å². The second-order valence-electron chi connectivity index (χ2n) is 7.09. The lowest BCUT2D eigenvalue weighted by Gasteiger charge is -2.27. The van der Waals surface area contributed by atoms with Crippen molar-refractivity contribution in [2.45, 2.75) is 19.0 Å². The lowest BCUT2D eigenvalue weighted by atomic mass is 10.0. The van der Waals surface area contributed by atoms with Gasteiger partial charge in [-0.25, -0.2) is 0 Å². The molecule has 134 valence electrons. The van der Waals surface area contributed by atoms with Crippen molar-refractivity contribution in [1.82, 2.24) is 20.2 Å². The second kappa shape index (κ2) is 6.88. The molecular weight excluding hydrogens is 326 g/mol. The monoisotopic (exact) mass is 349 g/mol. The van der Waals surface area contributed by atoms with Crippen LogP contribution in [0.1, 0.15) is 17.5 Å². The van der Waals surface area contributed by atoms with Gasteiger partial charge in [-0.1, -0.05) is 24.3 Å². The van der Waals surface area contributed by atoms with Crippen molar-refractivity contribution in [2.24, 2.45) is 5.10 Å². The predicted molar refractivity (Wildman–Crippen MR) is 102 cm³/mol. The molecule has 2 aliphatic heterocycles. The van der Waals surface area contributed by atoms with Crippen LogP contribution in [0.25, 0.3) is 11.3 Å². The van der Waals surface area contributed by atoms with Gasteiger partial charge in [0.15, 0.2) is 0 Å². The maximum absolute atomic E-state index is 12.0. The highest BCUT2D eigenvalue weighted by molar-refractivity contribution is 6.05. The lowest BCUT2D eigenvalue weighted by molar-refractivity contribution is -0.128. The molecule has 26 heavy (non-hydrogen) atoms. The average Bonchev–Trinajstić information content (AvgIpc) is 3.08. The smallest absolute Gasteiger partial charge is 0.244 e. The van der Waals surface area contributed by atoms with Gasteiger partial charge in [0.25, 0.3) is 0 Å². The first kappa shape index (κ1) is 16.7. The Labute approximate surface area is 153 Å². The summed E-state index contributed by atoms with van der Waals surface area (Å²) < 4.78 is 0. The third kappa shape index (κ3) is 3.32. The van der Waals surface area contributed by atoms with Crippen molar-refractivity contribution in [3.05, 3.63) is 53.7 Å². The molecule has 1 aromatic carbocycles. The van der Waals surface area contributed by atoms with E-state index in [9.17, 15) is 4.79 Å². The molecule has 6 nitrogen and oxygen atoms in total. The van der Waals surface area contributed by atoms with Crippen molar-refractivity contribution < 1.29 is 4.79 Å². The summed E-state index contributed by atoms with van der Waals surface area (Å²) in [6.07, 6.45) is 2.47. The number of piperazine rings is 1. The normalized spacial score (nSPS) is 19.3. The Morgan fingerprint density at radius 2 is 2.00 bits per heavy atom. The zero-order valence-electron chi connectivity index (χ0n) is 15.1. The third-order valence-electron chi connectivity index (χ3n) is 4.78. The number of rotatable bonds is 4. The first-order chi connectivity index (χ1) is 12.6. The van der Waals surface area contributed by atoms with Gasteiger partial charge in [-0.3, -0.25) is 14.8 Å². The van der Waals surface area contributed by atoms with E-state index in [4.69, 9.17) is 0 Å². The molecule has 0 radical (unpaired) electrons. The number of fused-ring (bicyclic) bond motifs is 1. The predicted octanol–water partition coefficient (Wildman–Crippen LogP) is 1.72. The minimum atomic E-state index is -0.166. The summed E-state index contributed by atoms with van der Waals surface area (Å²) in [5, 5.41) is 9.49. The van der Waals surface area contributed by atoms with Gasteiger partial charge in [0.1, 0.15) is 6.04 Å². The number of aromatic nitrogens is 1. The Balaban J connectivity index is 1.56. The highest BCUT2D eigenvalue weighted by atomic mass is 16.2. The van der Waals surface area contributed by atoms with E-state index in [1.54, 1.807) is 0 Å². The Morgan fingerprint density at radius 3 is 2.73 bits per heavy atom. The number of nitrogens with zero attached hydrogens (tertiary/aromatic N) is 4. The van der Waals surface area contributed by atoms with E-state index in [1.807, 2.05) is 17.3 Å². The molecule has 6 heteroatoms. The zero-order chi connectivity index (χ0) is 18.1. The molecule has 0 saturated carbocycles. The molecule has 1 unspecified atom stereocenters. The van der Waals surface area contributed by atoms with Gasteiger partial charge in [-0.05, 0) is 31.8 Å². The summed E-state index contributed by atoms with van der Waals surface area (Å²) in [5.74, 6) is 0.0701. The molecule has 1 fully saturated rings. The highest BCUT2D eigenvalue weighted by Crippen LogP contribution is 2.24. The number of nitrogens with one attached hydrogen (secondary N) is 1. The molecule has 1 atom stereocenters. The van der Waals surface area contributed by atoms with Gasteiger partial charge < -0.3 is 10.2 Å². The summed E-state index contributed by atoms with van der Waals surface area (Å²) in [5.41, 5.74) is 5.28. The molecule has 2 aromatic rings. The first-order valence-electron chi connectivity index (χ1n) is 8.92. The number of amides is 1. The van der Waals surface area contributed by atoms with Crippen molar-refractivity contribution in [3.63, 3.8) is 0 Å². The van der Waals surface area contributed by atoms with Crippen LogP contribution in [0.4, 0.5) is 0 Å². The first-order valence-corrected chi connectivity index (χ1v) is 8.92. The minimum absolute atomic E-state index is 0.0701. The van der Waals surface area contributed by atoms with Crippen molar-refractivity contribution in [1.29, 1.82) is 0 Å². The number of benzene rings is 1. The van der Waals surface area contributed by atoms with E-state index >= 15 is 0 Å². The molecule has 1 aromatic heterocycles. The van der Waals surface area contributed by atoms with Gasteiger partial charge in [0, 0.05) is 36.8 Å². The van der Waals surface area contributed by atoms with Crippen molar-refractivity contribution in [2.75, 3.05) is 27.2 Å². The minimum Gasteiger partial charge on any atom is -0.352 e. The summed E-state index contributed by atoms with van der Waals surface area (Å²) in [7, 11) is 4.13. The SMILES string of the molecule is CN(C)Cc1ccc(-c2cc(C3=NN4CCNC(=O)C4C3)ccn2)cc1. The van der Waals surface area contributed by atoms with E-state index in [0.29, 0.717) is 13.0 Å². The average molecular weight is 349 g/mol. The molecule has 0 spiro atoms. The van der Waals surface area contributed by atoms with Gasteiger partial charge in [0.05, 0.1) is 18.0 Å². The van der Waals surface area contributed by atoms with Gasteiger partial charge in [0.2, 0.25) is 5.91 Å². The van der Waals surface area contributed by atoms with Crippen LogP contribution in [-0.2, 0) is 11.3 Å². The topological polar surface area (TPSA) is 60.8 Å². The Morgan fingerprint density at radius 1 is 1.19 bits per heavy atom. The van der Waals surface area contributed by atoms with Gasteiger partial charge >= 0.3 is 0 Å². The maximum atomic E-state index is 12.0. The molecule has 0 aliphatic carbocycles. The quantitative estimate of drug-likeness (QED) is 0.913. The molecule has 4 rings (SSSR count). The number of pyridine rings is 1. The number of carbonyl (C=O) groups excluding carboxylic acids is 1. The van der Waals surface area contributed by atoms with Crippen LogP contribution in [0.5, 0.6) is 0 Å². The number of hydrogen-bond acceptors (Lipinski definition) is 5. The van der Waals surface area contributed by atoms with Crippen LogP contribution < -0.4 is 5.32 Å². The second-order valence-corrected chi connectivity index (χ2v) is 7.09. The van der Waals surface area contributed by atoms with Crippen LogP contribution in [0.2, 0.25) is 0 Å². The molecular formula is C20H23N5O. The molecule has 1 N–H and O–H groups in total. The highest BCUT2D eigenvalue weighted by Gasteiger charge is 2.35. The van der Waals surface area contributed by atoms with E-state index in [1.165, 1.54) is 5.56 Å². The molecule has 1 amide bonds. The van der Waals surface area contributed by atoms with E-state index in [-0.39, 0.29) is 11.9 Å². The summed E-state index contributed by atoms with van der Waals surface area (Å²) in [6, 6.07) is 12.4. The molecule has 0 bridgehead atoms. The van der Waals surface area contributed by atoms with Crippen LogP contribution >= 0.6 is 0 Å². The Bertz CT molecular complexity index is 844. The summed E-state index contributed by atoms with van der Waals surface area (Å²) in [6.45, 7) is 2.35. The Kier molecular flexibility index (Phi) is 4.42. The van der Waals surface area contributed by atoms with Crippen LogP contribution in [-0.4, -0.2) is 59.7 Å².